The molecule has 0 unspecified atom stereocenters. The van der Waals surface area contributed by atoms with E-state index in [1.54, 1.807) is 6.33 Å². The van der Waals surface area contributed by atoms with E-state index in [9.17, 15) is 0 Å². The summed E-state index contributed by atoms with van der Waals surface area (Å²) in [7, 11) is 0. The van der Waals surface area contributed by atoms with Crippen LogP contribution in [-0.2, 0) is 11.2 Å². The maximum Gasteiger partial charge on any atom is 0.0923 e. The lowest BCUT2D eigenvalue weighted by molar-refractivity contribution is 0.135. The highest BCUT2D eigenvalue weighted by atomic mass is 16.5. The Bertz CT molecular complexity index is 322. The Morgan fingerprint density at radius 1 is 1.24 bits per heavy atom. The highest BCUT2D eigenvalue weighted by Crippen LogP contribution is 2.05. The third kappa shape index (κ3) is 7.59. The van der Waals surface area contributed by atoms with Gasteiger partial charge in [-0.3, -0.25) is 0 Å². The zero-order chi connectivity index (χ0) is 12.2. The van der Waals surface area contributed by atoms with Crippen LogP contribution in [-0.4, -0.2) is 23.2 Å². The van der Waals surface area contributed by atoms with E-state index in [-0.39, 0.29) is 0 Å². The number of aryl methyl sites for hydroxylation is 1. The van der Waals surface area contributed by atoms with Crippen LogP contribution in [0.5, 0.6) is 0 Å². The Hall–Kier alpha value is -1.27. The summed E-state index contributed by atoms with van der Waals surface area (Å²) in [5, 5.41) is 0. The van der Waals surface area contributed by atoms with Gasteiger partial charge in [-0.15, -0.1) is 11.8 Å². The van der Waals surface area contributed by atoms with E-state index in [1.807, 2.05) is 13.1 Å². The zero-order valence-corrected chi connectivity index (χ0v) is 10.7. The molecule has 0 aromatic carbocycles. The fraction of sp³-hybridized carbons (Fsp3) is 0.643. The monoisotopic (exact) mass is 234 g/mol. The minimum Gasteiger partial charge on any atom is -0.380 e. The summed E-state index contributed by atoms with van der Waals surface area (Å²) in [5.74, 6) is 5.85. The van der Waals surface area contributed by atoms with Crippen LogP contribution in [0.15, 0.2) is 12.5 Å². The summed E-state index contributed by atoms with van der Waals surface area (Å²) in [6.45, 7) is 3.50. The van der Waals surface area contributed by atoms with Crippen molar-refractivity contribution in [2.45, 2.75) is 45.4 Å². The zero-order valence-electron chi connectivity index (χ0n) is 10.7. The van der Waals surface area contributed by atoms with E-state index < -0.39 is 0 Å². The maximum absolute atomic E-state index is 5.47. The van der Waals surface area contributed by atoms with E-state index >= 15 is 0 Å². The molecule has 0 aliphatic rings. The molecule has 0 aliphatic heterocycles. The van der Waals surface area contributed by atoms with E-state index in [1.165, 1.54) is 25.0 Å². The summed E-state index contributed by atoms with van der Waals surface area (Å²) < 4.78 is 5.47. The van der Waals surface area contributed by atoms with Gasteiger partial charge in [0.25, 0.3) is 0 Å². The molecule has 0 amide bonds. The topological polar surface area (TPSA) is 37.9 Å². The summed E-state index contributed by atoms with van der Waals surface area (Å²) in [4.78, 5) is 7.17. The number of hydrogen-bond acceptors (Lipinski definition) is 2. The van der Waals surface area contributed by atoms with Gasteiger partial charge in [0.15, 0.2) is 0 Å². The van der Waals surface area contributed by atoms with Crippen molar-refractivity contribution in [3.63, 3.8) is 0 Å². The molecule has 1 aromatic heterocycles. The Labute approximate surface area is 104 Å². The molecule has 0 spiro atoms. The van der Waals surface area contributed by atoms with Crippen molar-refractivity contribution in [3.05, 3.63) is 18.2 Å². The van der Waals surface area contributed by atoms with Gasteiger partial charge in [0.1, 0.15) is 0 Å². The molecule has 0 atom stereocenters. The van der Waals surface area contributed by atoms with Crippen LogP contribution in [0, 0.1) is 11.8 Å². The van der Waals surface area contributed by atoms with Crippen molar-refractivity contribution in [1.82, 2.24) is 9.97 Å². The van der Waals surface area contributed by atoms with E-state index in [0.29, 0.717) is 0 Å². The van der Waals surface area contributed by atoms with Gasteiger partial charge in [-0.2, -0.15) is 0 Å². The van der Waals surface area contributed by atoms with Gasteiger partial charge in [-0.25, -0.2) is 4.98 Å². The molecule has 94 valence electrons. The molecule has 0 bridgehead atoms. The Kier molecular flexibility index (Phi) is 8.05. The van der Waals surface area contributed by atoms with E-state index in [2.05, 4.69) is 21.8 Å². The molecule has 3 nitrogen and oxygen atoms in total. The fourth-order valence-electron chi connectivity index (χ4n) is 1.64. The van der Waals surface area contributed by atoms with Crippen molar-refractivity contribution in [3.8, 4) is 11.8 Å². The van der Waals surface area contributed by atoms with Gasteiger partial charge < -0.3 is 9.72 Å². The first-order valence-electron chi connectivity index (χ1n) is 6.38. The number of ether oxygens (including phenoxy) is 1. The van der Waals surface area contributed by atoms with Crippen LogP contribution in [0.1, 0.15) is 44.7 Å². The van der Waals surface area contributed by atoms with E-state index in [4.69, 9.17) is 4.74 Å². The molecule has 1 N–H and O–H groups in total. The first-order chi connectivity index (χ1) is 8.43. The molecule has 0 saturated heterocycles. The highest BCUT2D eigenvalue weighted by Gasteiger charge is 1.95. The second-order valence-corrected chi connectivity index (χ2v) is 4.01. The normalized spacial score (nSPS) is 9.94. The van der Waals surface area contributed by atoms with Gasteiger partial charge >= 0.3 is 0 Å². The minimum atomic E-state index is 0.772. The molecule has 1 aromatic rings. The van der Waals surface area contributed by atoms with Crippen LogP contribution >= 0.6 is 0 Å². The van der Waals surface area contributed by atoms with Crippen LogP contribution in [0.3, 0.4) is 0 Å². The smallest absolute Gasteiger partial charge is 0.0923 e. The minimum absolute atomic E-state index is 0.772. The fourth-order valence-corrected chi connectivity index (χ4v) is 1.64. The van der Waals surface area contributed by atoms with Crippen LogP contribution in [0.2, 0.25) is 0 Å². The van der Waals surface area contributed by atoms with Gasteiger partial charge in [-0.1, -0.05) is 12.8 Å². The number of aromatic amines is 1. The average Bonchev–Trinajstić information content (AvgIpc) is 2.85. The largest absolute Gasteiger partial charge is 0.380 e. The number of imidazole rings is 1. The van der Waals surface area contributed by atoms with E-state index in [0.717, 1.165) is 32.5 Å². The number of nitrogens with zero attached hydrogens (tertiary/aromatic N) is 1. The Balaban J connectivity index is 1.79. The predicted molar refractivity (Wildman–Crippen MR) is 69.6 cm³/mol. The molecule has 0 radical (unpaired) electrons. The molecule has 17 heavy (non-hydrogen) atoms. The lowest BCUT2D eigenvalue weighted by atomic mass is 10.1. The highest BCUT2D eigenvalue weighted by molar-refractivity contribution is 4.94. The van der Waals surface area contributed by atoms with Crippen LogP contribution in [0.25, 0.3) is 0 Å². The van der Waals surface area contributed by atoms with Crippen molar-refractivity contribution in [2.75, 3.05) is 13.2 Å². The van der Waals surface area contributed by atoms with Gasteiger partial charge in [-0.05, 0) is 26.2 Å². The third-order valence-electron chi connectivity index (χ3n) is 2.57. The molecule has 1 heterocycles. The van der Waals surface area contributed by atoms with Crippen molar-refractivity contribution in [2.24, 2.45) is 0 Å². The summed E-state index contributed by atoms with van der Waals surface area (Å²) in [6, 6.07) is 0. The van der Waals surface area contributed by atoms with Crippen LogP contribution < -0.4 is 0 Å². The summed E-state index contributed by atoms with van der Waals surface area (Å²) in [5.41, 5.74) is 1.17. The average molecular weight is 234 g/mol. The van der Waals surface area contributed by atoms with Crippen molar-refractivity contribution < 1.29 is 4.74 Å². The molecule has 3 heteroatoms. The molecule has 0 fully saturated rings. The number of H-pyrrole nitrogens is 1. The lowest BCUT2D eigenvalue weighted by Crippen LogP contribution is -1.96. The molecule has 0 aliphatic carbocycles. The number of unbranched alkanes of at least 4 members (excludes halogenated alkanes) is 3. The van der Waals surface area contributed by atoms with Crippen molar-refractivity contribution in [1.29, 1.82) is 0 Å². The van der Waals surface area contributed by atoms with Crippen LogP contribution in [0.4, 0.5) is 0 Å². The Morgan fingerprint density at radius 3 is 2.88 bits per heavy atom. The number of nitrogens with one attached hydrogen (secondary N) is 1. The number of hydrogen-bond donors (Lipinski definition) is 1. The molecule has 0 saturated carbocycles. The third-order valence-corrected chi connectivity index (χ3v) is 2.57. The second-order valence-electron chi connectivity index (χ2n) is 4.01. The van der Waals surface area contributed by atoms with Crippen molar-refractivity contribution >= 4 is 0 Å². The van der Waals surface area contributed by atoms with Gasteiger partial charge in [0, 0.05) is 19.2 Å². The first-order valence-corrected chi connectivity index (χ1v) is 6.38. The summed E-state index contributed by atoms with van der Waals surface area (Å²) in [6.07, 6.45) is 10.5. The molecular formula is C14H22N2O. The van der Waals surface area contributed by atoms with Gasteiger partial charge in [0.05, 0.1) is 18.6 Å². The quantitative estimate of drug-likeness (QED) is 0.527. The summed E-state index contributed by atoms with van der Waals surface area (Å²) >= 11 is 0. The standard InChI is InChI=1S/C14H22N2O/c1-2-3-7-10-17-11-8-5-4-6-9-14-12-15-13-16-14/h12-13H,4-11H2,1H3,(H,15,16). The predicted octanol–water partition coefficient (Wildman–Crippen LogP) is 2.94. The SMILES string of the molecule is CC#CCCOCCCCCCc1c[nH]cn1. The second kappa shape index (κ2) is 9.92. The molecular weight excluding hydrogens is 212 g/mol. The number of rotatable bonds is 9. The maximum atomic E-state index is 5.47. The molecule has 1 rings (SSSR count). The first kappa shape index (κ1) is 13.8. The lowest BCUT2D eigenvalue weighted by Gasteiger charge is -2.02. The van der Waals surface area contributed by atoms with Gasteiger partial charge in [0.2, 0.25) is 0 Å². The Morgan fingerprint density at radius 2 is 2.12 bits per heavy atom. The number of aromatic nitrogens is 2.